The molecule has 6 aliphatic heterocycles. The van der Waals surface area contributed by atoms with Crippen molar-refractivity contribution in [3.05, 3.63) is 346 Å². The van der Waals surface area contributed by atoms with E-state index in [0.717, 1.165) is 131 Å². The molecule has 2 aliphatic carbocycles. The van der Waals surface area contributed by atoms with Crippen molar-refractivity contribution >= 4 is 73.3 Å². The Hall–Kier alpha value is -12.3. The first-order valence-electron chi connectivity index (χ1n) is 42.2. The number of morpholine rings is 3. The molecule has 1 saturated carbocycles. The molecular formula is C105H97F3N4O8. The molecule has 606 valence electrons. The van der Waals surface area contributed by atoms with E-state index in [1.165, 1.54) is 127 Å². The first-order valence-corrected chi connectivity index (χ1v) is 42.2. The first kappa shape index (κ1) is 77.6. The molecule has 6 heterocycles. The lowest BCUT2D eigenvalue weighted by atomic mass is 9.67. The van der Waals surface area contributed by atoms with E-state index in [0.29, 0.717) is 43.3 Å². The minimum atomic E-state index is -1.29. The second-order valence-corrected chi connectivity index (χ2v) is 32.5. The molecule has 21 rings (SSSR count). The summed E-state index contributed by atoms with van der Waals surface area (Å²) in [6.07, 6.45) is 21.8. The number of hydrogen-bond donors (Lipinski definition) is 0. The van der Waals surface area contributed by atoms with Crippen LogP contribution in [0.4, 0.5) is 35.9 Å². The molecule has 0 bridgehead atoms. The van der Waals surface area contributed by atoms with Gasteiger partial charge in [-0.1, -0.05) is 214 Å². The molecule has 1 spiro atoms. The number of anilines is 4. The molecule has 0 amide bonds. The molecule has 2 unspecified atom stereocenters. The average Bonchev–Trinajstić information content (AvgIpc) is 1.50. The summed E-state index contributed by atoms with van der Waals surface area (Å²) in [6.45, 7) is 9.09. The van der Waals surface area contributed by atoms with Crippen molar-refractivity contribution < 1.29 is 51.1 Å². The van der Waals surface area contributed by atoms with Gasteiger partial charge in [-0.05, 0) is 142 Å². The molecule has 3 saturated heterocycles. The van der Waals surface area contributed by atoms with Crippen LogP contribution in [0.25, 0.3) is 61.7 Å². The normalized spacial score (nSPS) is 19.1. The van der Waals surface area contributed by atoms with E-state index in [-0.39, 0.29) is 22.7 Å². The van der Waals surface area contributed by atoms with Gasteiger partial charge in [0.1, 0.15) is 23.1 Å². The Morgan fingerprint density at radius 1 is 0.367 bits per heavy atom. The van der Waals surface area contributed by atoms with Gasteiger partial charge < -0.3 is 57.5 Å². The van der Waals surface area contributed by atoms with Gasteiger partial charge in [0.05, 0.1) is 53.9 Å². The van der Waals surface area contributed by atoms with Crippen molar-refractivity contribution in [2.75, 3.05) is 127 Å². The van der Waals surface area contributed by atoms with Gasteiger partial charge in [0.25, 0.3) is 0 Å². The zero-order valence-corrected chi connectivity index (χ0v) is 68.3. The van der Waals surface area contributed by atoms with E-state index in [4.69, 9.17) is 37.9 Å². The fourth-order valence-electron chi connectivity index (χ4n) is 19.7. The lowest BCUT2D eigenvalue weighted by Crippen LogP contribution is -2.37. The van der Waals surface area contributed by atoms with Crippen molar-refractivity contribution in [1.82, 2.24) is 0 Å². The Labute approximate surface area is 699 Å². The van der Waals surface area contributed by atoms with Crippen molar-refractivity contribution in [2.24, 2.45) is 0 Å². The maximum atomic E-state index is 15.0. The molecule has 13 aromatic carbocycles. The number of halogens is 3. The summed E-state index contributed by atoms with van der Waals surface area (Å²) in [4.78, 5) is 9.13. The number of benzene rings is 13. The average molecular weight is 1600 g/mol. The molecular weight excluding hydrogens is 1500 g/mol. The topological polar surface area (TPSA) is 86.8 Å². The van der Waals surface area contributed by atoms with Gasteiger partial charge >= 0.3 is 0 Å². The van der Waals surface area contributed by atoms with Crippen LogP contribution in [-0.4, -0.2) is 107 Å². The minimum Gasteiger partial charge on any atom is -0.494 e. The Morgan fingerprint density at radius 2 is 0.792 bits per heavy atom. The van der Waals surface area contributed by atoms with Crippen molar-refractivity contribution in [2.45, 2.75) is 67.2 Å². The number of methoxy groups -OCH3 is 2. The van der Waals surface area contributed by atoms with Gasteiger partial charge in [0, 0.05) is 160 Å². The van der Waals surface area contributed by atoms with Gasteiger partial charge in [-0.25, -0.2) is 13.2 Å². The summed E-state index contributed by atoms with van der Waals surface area (Å²) >= 11 is 0. The van der Waals surface area contributed by atoms with Crippen LogP contribution < -0.4 is 43.3 Å². The largest absolute Gasteiger partial charge is 0.494 e. The Morgan fingerprint density at radius 3 is 1.32 bits per heavy atom. The van der Waals surface area contributed by atoms with Crippen molar-refractivity contribution in [3.8, 4) is 39.9 Å². The van der Waals surface area contributed by atoms with Crippen LogP contribution in [0, 0.1) is 17.5 Å². The molecule has 15 heteroatoms. The van der Waals surface area contributed by atoms with Crippen molar-refractivity contribution in [1.29, 1.82) is 0 Å². The summed E-state index contributed by atoms with van der Waals surface area (Å²) < 4.78 is 93.0. The fourth-order valence-corrected chi connectivity index (χ4v) is 19.7. The van der Waals surface area contributed by atoms with Crippen LogP contribution in [-0.2, 0) is 36.4 Å². The third-order valence-electron chi connectivity index (χ3n) is 25.7. The Kier molecular flexibility index (Phi) is 21.2. The molecule has 2 atom stereocenters. The third-order valence-corrected chi connectivity index (χ3v) is 25.7. The lowest BCUT2D eigenvalue weighted by Gasteiger charge is -2.40. The van der Waals surface area contributed by atoms with Crippen LogP contribution in [0.15, 0.2) is 267 Å². The molecule has 0 aromatic heterocycles. The number of hydrogen-bond acceptors (Lipinski definition) is 12. The van der Waals surface area contributed by atoms with Gasteiger partial charge in [-0.15, -0.1) is 0 Å². The summed E-state index contributed by atoms with van der Waals surface area (Å²) in [6, 6.07) is 83.3. The number of fused-ring (bicyclic) bond motifs is 16. The monoisotopic (exact) mass is 1600 g/mol. The zero-order valence-electron chi connectivity index (χ0n) is 68.3. The number of nitrogens with zero attached hydrogens (tertiary/aromatic N) is 4. The van der Waals surface area contributed by atoms with E-state index >= 15 is 0 Å². The van der Waals surface area contributed by atoms with E-state index in [1.807, 2.05) is 36.4 Å². The molecule has 4 fully saturated rings. The lowest BCUT2D eigenvalue weighted by molar-refractivity contribution is 0.122. The molecule has 120 heavy (non-hydrogen) atoms. The van der Waals surface area contributed by atoms with Crippen molar-refractivity contribution in [3.63, 3.8) is 0 Å². The van der Waals surface area contributed by atoms with E-state index < -0.39 is 28.4 Å². The predicted octanol–water partition coefficient (Wildman–Crippen LogP) is 22.6. The number of rotatable bonds is 12. The SMILES string of the molecule is CN(C)c1ccc(C2(c3ccccc3)C=Cc3c4c(c5ccccc5c3O2)-c2ccccc2C42CCCCCCC2)cc1.COc1ccc(C2(c3ccc(OC)c(F)c3)C=Cc3c(cc(N4CCOCC4)c4ccccc34)O2)cc1F.Fc1cccc(C2(c3ccc(N4CCOCC4)cc3)C=Cc3c(cc(N4CCOCC4)c4ccccc34)O2)c1. The molecule has 13 aromatic rings. The highest BCUT2D eigenvalue weighted by Crippen LogP contribution is 2.62. The van der Waals surface area contributed by atoms with Crippen LogP contribution in [0.5, 0.6) is 28.7 Å². The Bertz CT molecular complexity index is 6030. The quantitative estimate of drug-likeness (QED) is 0.117. The molecule has 0 radical (unpaired) electrons. The smallest absolute Gasteiger partial charge is 0.178 e. The van der Waals surface area contributed by atoms with Gasteiger partial charge in [0.2, 0.25) is 0 Å². The minimum absolute atomic E-state index is 0.0221. The van der Waals surface area contributed by atoms with E-state index in [2.05, 4.69) is 228 Å². The van der Waals surface area contributed by atoms with Gasteiger partial charge in [-0.2, -0.15) is 0 Å². The maximum Gasteiger partial charge on any atom is 0.178 e. The highest BCUT2D eigenvalue weighted by Gasteiger charge is 2.49. The van der Waals surface area contributed by atoms with E-state index in [1.54, 1.807) is 36.4 Å². The van der Waals surface area contributed by atoms with Gasteiger partial charge in [0.15, 0.2) is 39.9 Å². The highest BCUT2D eigenvalue weighted by molar-refractivity contribution is 6.09. The standard InChI is InChI=1S/C41H39NO.C33H31FN2O3.C31H27F2NO4/c1-42(2)31-23-21-30(22-24-31)41(29-15-7-6-8-16-29)28-25-35-38-37(32-17-9-10-18-33(32)39(35)43-41)34-19-11-12-20-36(34)40(38)26-13-4-3-5-14-27-40;34-26-5-3-4-25(22-26)33(24-8-10-27(11-9-24)35-14-18-37-19-15-35)13-12-30-28-6-1-2-7-29(28)31(23-32(30)39-33)36-16-20-38-21-17-36;1-35-28-9-7-20(17-25(28)32)31(21-8-10-29(36-2)26(33)18-21)12-11-24-22-5-3-4-6-23(22)27(19-30(24)38-31)34-13-15-37-16-14-34/h6-12,15-25,28H,3-5,13-14,26-27H2,1-2H3;1-13,22-23H,14-21H2;3-12,17-19H,13-16H2,1-2H3. The summed E-state index contributed by atoms with van der Waals surface area (Å²) in [5.41, 5.74) is 15.6. The van der Waals surface area contributed by atoms with E-state index in [9.17, 15) is 13.2 Å². The maximum absolute atomic E-state index is 15.0. The highest BCUT2D eigenvalue weighted by atomic mass is 19.1. The Balaban J connectivity index is 0.000000119. The first-order chi connectivity index (χ1) is 58.9. The third kappa shape index (κ3) is 13.9. The van der Waals surface area contributed by atoms with Crippen LogP contribution in [0.1, 0.15) is 106 Å². The molecule has 0 N–H and O–H groups in total. The van der Waals surface area contributed by atoms with Crippen LogP contribution in [0.2, 0.25) is 0 Å². The predicted molar refractivity (Wildman–Crippen MR) is 477 cm³/mol. The van der Waals surface area contributed by atoms with Crippen LogP contribution >= 0.6 is 0 Å². The number of ether oxygens (including phenoxy) is 8. The van der Waals surface area contributed by atoms with Crippen LogP contribution in [0.3, 0.4) is 0 Å². The van der Waals surface area contributed by atoms with Gasteiger partial charge in [-0.3, -0.25) is 0 Å². The summed E-state index contributed by atoms with van der Waals surface area (Å²) in [7, 11) is 7.01. The molecule has 8 aliphatic rings. The zero-order chi connectivity index (χ0) is 81.5. The second kappa shape index (κ2) is 32.8. The second-order valence-electron chi connectivity index (χ2n) is 32.5. The summed E-state index contributed by atoms with van der Waals surface area (Å²) in [5, 5.41) is 6.99. The fraction of sp³-hybridized carbons (Fsp3) is 0.257. The summed E-state index contributed by atoms with van der Waals surface area (Å²) in [5.74, 6) is 1.32. The molecule has 12 nitrogen and oxygen atoms in total.